The summed E-state index contributed by atoms with van der Waals surface area (Å²) >= 11 is 1.21. The molecular weight excluding hydrogens is 364 g/mol. The molecule has 12 nitrogen and oxygen atoms in total. The summed E-state index contributed by atoms with van der Waals surface area (Å²) in [6.07, 6.45) is 0.702. The highest BCUT2D eigenvalue weighted by molar-refractivity contribution is 7.84. The van der Waals surface area contributed by atoms with Crippen molar-refractivity contribution >= 4 is 44.8 Å². The number of thiazole rings is 1. The van der Waals surface area contributed by atoms with Crippen LogP contribution in [0.2, 0.25) is 0 Å². The van der Waals surface area contributed by atoms with E-state index in [4.69, 9.17) is 20.4 Å². The fourth-order valence-electron chi connectivity index (χ4n) is 1.76. The first-order chi connectivity index (χ1) is 11.2. The summed E-state index contributed by atoms with van der Waals surface area (Å²) < 4.78 is 30.6. The van der Waals surface area contributed by atoms with Gasteiger partial charge >= 0.3 is 10.3 Å². The van der Waals surface area contributed by atoms with Gasteiger partial charge in [0.2, 0.25) is 0 Å². The maximum absolute atomic E-state index is 11.6. The number of aromatic nitrogens is 1. The van der Waals surface area contributed by atoms with Crippen LogP contribution in [0, 0.1) is 11.3 Å². The monoisotopic (exact) mass is 374 g/mol. The van der Waals surface area contributed by atoms with E-state index in [2.05, 4.69) is 15.5 Å². The second-order valence-electron chi connectivity index (χ2n) is 4.36. The number of oxime groups is 1. The molecule has 2 amide bonds. The first-order valence-corrected chi connectivity index (χ1v) is 8.37. The predicted molar refractivity (Wildman–Crippen MR) is 79.5 cm³/mol. The van der Waals surface area contributed by atoms with Gasteiger partial charge in [-0.2, -0.15) is 18.0 Å². The zero-order chi connectivity index (χ0) is 17.9. The SMILES string of the molecule is N#C[C@@H]1[C@H](NC(=O)/C=N/OCc2csc(N)n2)C(=O)N1S(=O)(=O)O. The van der Waals surface area contributed by atoms with Crippen LogP contribution < -0.4 is 11.1 Å². The minimum absolute atomic E-state index is 0.0295. The molecule has 14 heteroatoms. The molecule has 24 heavy (non-hydrogen) atoms. The third-order valence-electron chi connectivity index (χ3n) is 2.76. The lowest BCUT2D eigenvalue weighted by molar-refractivity contribution is -0.142. The number of β-lactam (4-membered cyclic amide) rings is 1. The van der Waals surface area contributed by atoms with Gasteiger partial charge in [-0.15, -0.1) is 11.3 Å². The van der Waals surface area contributed by atoms with Crippen molar-refractivity contribution in [3.63, 3.8) is 0 Å². The van der Waals surface area contributed by atoms with E-state index in [0.29, 0.717) is 17.0 Å². The van der Waals surface area contributed by atoms with E-state index < -0.39 is 34.2 Å². The second kappa shape index (κ2) is 6.78. The van der Waals surface area contributed by atoms with E-state index in [0.717, 1.165) is 0 Å². The average molecular weight is 374 g/mol. The predicted octanol–water partition coefficient (Wildman–Crippen LogP) is -1.75. The van der Waals surface area contributed by atoms with Gasteiger partial charge in [-0.05, 0) is 0 Å². The van der Waals surface area contributed by atoms with Gasteiger partial charge in [0.15, 0.2) is 17.8 Å². The van der Waals surface area contributed by atoms with Gasteiger partial charge in [0, 0.05) is 5.38 Å². The molecule has 4 N–H and O–H groups in total. The molecule has 1 fully saturated rings. The van der Waals surface area contributed by atoms with Gasteiger partial charge in [-0.3, -0.25) is 14.1 Å². The highest BCUT2D eigenvalue weighted by Gasteiger charge is 2.54. The molecule has 0 unspecified atom stereocenters. The van der Waals surface area contributed by atoms with Gasteiger partial charge in [-0.25, -0.2) is 4.98 Å². The Hall–Kier alpha value is -2.76. The van der Waals surface area contributed by atoms with E-state index >= 15 is 0 Å². The Morgan fingerprint density at radius 2 is 2.42 bits per heavy atom. The number of nitrogens with two attached hydrogens (primary N) is 1. The molecule has 2 atom stereocenters. The van der Waals surface area contributed by atoms with Gasteiger partial charge in [0.05, 0.1) is 11.8 Å². The van der Waals surface area contributed by atoms with Crippen LogP contribution in [-0.2, 0) is 31.3 Å². The lowest BCUT2D eigenvalue weighted by Crippen LogP contribution is -2.71. The number of carbonyl (C=O) groups excluding carboxylic acids is 2. The van der Waals surface area contributed by atoms with E-state index in [-0.39, 0.29) is 10.9 Å². The molecule has 0 saturated carbocycles. The van der Waals surface area contributed by atoms with Gasteiger partial charge < -0.3 is 15.9 Å². The van der Waals surface area contributed by atoms with E-state index in [1.54, 1.807) is 5.38 Å². The van der Waals surface area contributed by atoms with Crippen molar-refractivity contribution in [1.82, 2.24) is 14.6 Å². The Labute approximate surface area is 139 Å². The molecule has 1 aliphatic rings. The van der Waals surface area contributed by atoms with E-state index in [1.165, 1.54) is 17.4 Å². The van der Waals surface area contributed by atoms with Crippen LogP contribution >= 0.6 is 11.3 Å². The number of nitrogen functional groups attached to an aromatic ring is 1. The highest BCUT2D eigenvalue weighted by atomic mass is 32.2. The normalized spacial score (nSPS) is 20.5. The third-order valence-corrected chi connectivity index (χ3v) is 4.38. The molecule has 0 aliphatic carbocycles. The third kappa shape index (κ3) is 3.76. The second-order valence-corrected chi connectivity index (χ2v) is 6.54. The molecule has 0 bridgehead atoms. The number of amides is 2. The molecule has 1 aromatic rings. The quantitative estimate of drug-likeness (QED) is 0.224. The number of anilines is 1. The van der Waals surface area contributed by atoms with Crippen LogP contribution in [0.5, 0.6) is 0 Å². The van der Waals surface area contributed by atoms with E-state index in [9.17, 15) is 18.0 Å². The minimum Gasteiger partial charge on any atom is -0.389 e. The molecule has 1 aromatic heterocycles. The van der Waals surface area contributed by atoms with Crippen LogP contribution in [0.3, 0.4) is 0 Å². The molecule has 0 spiro atoms. The summed E-state index contributed by atoms with van der Waals surface area (Å²) in [7, 11) is -4.86. The molecule has 1 saturated heterocycles. The number of carbonyl (C=O) groups is 2. The molecule has 128 valence electrons. The van der Waals surface area contributed by atoms with Crippen molar-refractivity contribution in [3.8, 4) is 6.07 Å². The fraction of sp³-hybridized carbons (Fsp3) is 0.300. The maximum atomic E-state index is 11.6. The standard InChI is InChI=1S/C10H10N6O6S2/c11-1-6-8(9(18)16(6)24(19,20)21)15-7(17)2-13-22-3-5-4-23-10(12)14-5/h2,4,6,8H,3H2,(H2,12,14)(H,15,17)(H,19,20,21)/b13-2+/t6-,8+/m1/s1. The molecule has 2 heterocycles. The van der Waals surface area contributed by atoms with Gasteiger partial charge in [0.1, 0.15) is 12.3 Å². The van der Waals surface area contributed by atoms with Crippen molar-refractivity contribution in [2.45, 2.75) is 18.7 Å². The lowest BCUT2D eigenvalue weighted by Gasteiger charge is -2.39. The largest absolute Gasteiger partial charge is 0.389 e. The number of nitrogens with one attached hydrogen (secondary N) is 1. The number of hydrogen-bond acceptors (Lipinski definition) is 10. The molecular formula is C10H10N6O6S2. The van der Waals surface area contributed by atoms with Crippen LogP contribution in [-0.4, -0.2) is 52.4 Å². The molecule has 0 radical (unpaired) electrons. The summed E-state index contributed by atoms with van der Waals surface area (Å²) in [5, 5.41) is 16.2. The van der Waals surface area contributed by atoms with Crippen molar-refractivity contribution in [1.29, 1.82) is 5.26 Å². The molecule has 2 rings (SSSR count). The van der Waals surface area contributed by atoms with Crippen LogP contribution in [0.4, 0.5) is 5.13 Å². The number of hydrogen-bond donors (Lipinski definition) is 3. The minimum atomic E-state index is -4.86. The topological polar surface area (TPSA) is 188 Å². The van der Waals surface area contributed by atoms with Gasteiger partial charge in [0.25, 0.3) is 11.8 Å². The Morgan fingerprint density at radius 3 is 2.96 bits per heavy atom. The number of rotatable bonds is 6. The van der Waals surface area contributed by atoms with Crippen molar-refractivity contribution in [2.24, 2.45) is 5.16 Å². The van der Waals surface area contributed by atoms with E-state index in [1.807, 2.05) is 0 Å². The Bertz CT molecular complexity index is 827. The average Bonchev–Trinajstić information content (AvgIpc) is 2.90. The maximum Gasteiger partial charge on any atom is 0.363 e. The first kappa shape index (κ1) is 17.6. The zero-order valence-corrected chi connectivity index (χ0v) is 13.3. The number of nitriles is 1. The van der Waals surface area contributed by atoms with Crippen LogP contribution in [0.25, 0.3) is 0 Å². The van der Waals surface area contributed by atoms with Crippen molar-refractivity contribution < 1.29 is 27.4 Å². The summed E-state index contributed by atoms with van der Waals surface area (Å²) in [6, 6.07) is -1.45. The molecule has 1 aliphatic heterocycles. The fourth-order valence-corrected chi connectivity index (χ4v) is 3.10. The summed E-state index contributed by atoms with van der Waals surface area (Å²) in [4.78, 5) is 31.8. The lowest BCUT2D eigenvalue weighted by atomic mass is 10.0. The Morgan fingerprint density at radius 1 is 1.71 bits per heavy atom. The summed E-state index contributed by atoms with van der Waals surface area (Å²) in [5.41, 5.74) is 5.93. The summed E-state index contributed by atoms with van der Waals surface area (Å²) in [5.74, 6) is -2.02. The van der Waals surface area contributed by atoms with Crippen LogP contribution in [0.1, 0.15) is 5.69 Å². The zero-order valence-electron chi connectivity index (χ0n) is 11.7. The van der Waals surface area contributed by atoms with Crippen LogP contribution in [0.15, 0.2) is 10.5 Å². The Balaban J connectivity index is 1.85. The molecule has 0 aromatic carbocycles. The van der Waals surface area contributed by atoms with Crippen molar-refractivity contribution in [2.75, 3.05) is 5.73 Å². The highest BCUT2D eigenvalue weighted by Crippen LogP contribution is 2.22. The summed E-state index contributed by atoms with van der Waals surface area (Å²) in [6.45, 7) is -0.0306. The first-order valence-electron chi connectivity index (χ1n) is 6.10. The van der Waals surface area contributed by atoms with Gasteiger partial charge in [-0.1, -0.05) is 5.16 Å². The van der Waals surface area contributed by atoms with Crippen molar-refractivity contribution in [3.05, 3.63) is 11.1 Å². The Kier molecular flexibility index (Phi) is 4.97. The number of nitrogens with zero attached hydrogens (tertiary/aromatic N) is 4. The smallest absolute Gasteiger partial charge is 0.363 e.